The van der Waals surface area contributed by atoms with E-state index in [1.54, 1.807) is 16.7 Å². The molecule has 1 amide bonds. The summed E-state index contributed by atoms with van der Waals surface area (Å²) in [7, 11) is 2.16. The number of rotatable bonds is 38. The number of hydrogen-bond acceptors (Lipinski definition) is 7. The van der Waals surface area contributed by atoms with E-state index in [2.05, 4.69) is 25.8 Å². The summed E-state index contributed by atoms with van der Waals surface area (Å²) >= 11 is 1.65. The van der Waals surface area contributed by atoms with Crippen molar-refractivity contribution in [2.45, 2.75) is 187 Å². The van der Waals surface area contributed by atoms with Crippen LogP contribution in [0, 0.1) is 5.92 Å². The molecule has 0 aliphatic heterocycles. The standard InChI is InChI=1S/C42H80N2O5S/c1-4-6-8-10-12-14-16-18-20-22-24-26-41(46)48-35-32-44(40(45)38-50-37-34-43(3)31-30-39-28-29-39)33-36-49-42(47)27-25-23-21-19-17-15-13-11-9-7-5-2/h39H,4-38H2,1-3H3. The zero-order valence-electron chi connectivity index (χ0n) is 33.2. The molecule has 1 aliphatic carbocycles. The molecule has 1 fully saturated rings. The quantitative estimate of drug-likeness (QED) is 0.0463. The number of amides is 1. The SMILES string of the molecule is CCCCCCCCCCCCCC(=O)OCCN(CCOC(=O)CCCCCCCCCCCCC)C(=O)CSCCN(C)CCC1CC1. The van der Waals surface area contributed by atoms with Gasteiger partial charge in [-0.1, -0.05) is 155 Å². The van der Waals surface area contributed by atoms with Crippen LogP contribution in [0.1, 0.15) is 187 Å². The number of thioether (sulfide) groups is 1. The number of carbonyl (C=O) groups excluding carboxylic acids is 3. The summed E-state index contributed by atoms with van der Waals surface area (Å²) < 4.78 is 11.0. The van der Waals surface area contributed by atoms with Crippen LogP contribution in [-0.4, -0.2) is 85.6 Å². The zero-order valence-corrected chi connectivity index (χ0v) is 34.0. The van der Waals surface area contributed by atoms with E-state index in [-0.39, 0.29) is 31.1 Å². The normalized spacial score (nSPS) is 12.8. The van der Waals surface area contributed by atoms with Crippen LogP contribution in [0.25, 0.3) is 0 Å². The van der Waals surface area contributed by atoms with Crippen molar-refractivity contribution in [3.63, 3.8) is 0 Å². The number of carbonyl (C=O) groups is 3. The highest BCUT2D eigenvalue weighted by Crippen LogP contribution is 2.32. The lowest BCUT2D eigenvalue weighted by molar-refractivity contribution is -0.147. The molecule has 7 nitrogen and oxygen atoms in total. The van der Waals surface area contributed by atoms with Gasteiger partial charge in [0.05, 0.1) is 18.8 Å². The molecule has 8 heteroatoms. The van der Waals surface area contributed by atoms with Crippen LogP contribution in [0.4, 0.5) is 0 Å². The van der Waals surface area contributed by atoms with Gasteiger partial charge in [0.1, 0.15) is 13.2 Å². The van der Waals surface area contributed by atoms with Crippen LogP contribution in [0.5, 0.6) is 0 Å². The fourth-order valence-corrected chi connectivity index (χ4v) is 7.25. The van der Waals surface area contributed by atoms with Crippen molar-refractivity contribution in [2.24, 2.45) is 5.92 Å². The van der Waals surface area contributed by atoms with Gasteiger partial charge in [-0.2, -0.15) is 11.8 Å². The highest BCUT2D eigenvalue weighted by atomic mass is 32.2. The molecule has 0 atom stereocenters. The number of ether oxygens (including phenoxy) is 2. The Morgan fingerprint density at radius 2 is 0.960 bits per heavy atom. The minimum Gasteiger partial charge on any atom is -0.464 e. The molecular weight excluding hydrogens is 645 g/mol. The van der Waals surface area contributed by atoms with E-state index in [1.165, 1.54) is 135 Å². The second-order valence-corrected chi connectivity index (χ2v) is 16.1. The molecular formula is C42H80N2O5S. The van der Waals surface area contributed by atoms with Crippen molar-refractivity contribution in [2.75, 3.05) is 57.9 Å². The van der Waals surface area contributed by atoms with E-state index < -0.39 is 0 Å². The Morgan fingerprint density at radius 3 is 1.36 bits per heavy atom. The van der Waals surface area contributed by atoms with E-state index in [9.17, 15) is 14.4 Å². The maximum Gasteiger partial charge on any atom is 0.305 e. The van der Waals surface area contributed by atoms with Crippen molar-refractivity contribution in [1.29, 1.82) is 0 Å². The van der Waals surface area contributed by atoms with Crippen LogP contribution in [0.15, 0.2) is 0 Å². The molecule has 50 heavy (non-hydrogen) atoms. The smallest absolute Gasteiger partial charge is 0.305 e. The van der Waals surface area contributed by atoms with Crippen LogP contribution >= 0.6 is 11.8 Å². The molecule has 1 rings (SSSR count). The Kier molecular flexibility index (Phi) is 32.5. The second-order valence-electron chi connectivity index (χ2n) is 15.0. The summed E-state index contributed by atoms with van der Waals surface area (Å²) in [4.78, 5) is 42.0. The third-order valence-corrected chi connectivity index (χ3v) is 11.0. The number of nitrogens with zero attached hydrogens (tertiary/aromatic N) is 2. The van der Waals surface area contributed by atoms with E-state index in [4.69, 9.17) is 9.47 Å². The van der Waals surface area contributed by atoms with Crippen LogP contribution in [0.2, 0.25) is 0 Å². The van der Waals surface area contributed by atoms with Gasteiger partial charge in [-0.3, -0.25) is 14.4 Å². The van der Waals surface area contributed by atoms with Gasteiger partial charge in [0, 0.05) is 25.1 Å². The van der Waals surface area contributed by atoms with Crippen LogP contribution in [0.3, 0.4) is 0 Å². The van der Waals surface area contributed by atoms with Gasteiger partial charge >= 0.3 is 11.9 Å². The van der Waals surface area contributed by atoms with Crippen LogP contribution < -0.4 is 0 Å². The summed E-state index contributed by atoms with van der Waals surface area (Å²) in [6, 6.07) is 0. The summed E-state index contributed by atoms with van der Waals surface area (Å²) in [5.74, 6) is 1.87. The largest absolute Gasteiger partial charge is 0.464 e. The van der Waals surface area contributed by atoms with Gasteiger partial charge in [0.2, 0.25) is 5.91 Å². The highest BCUT2D eigenvalue weighted by Gasteiger charge is 2.21. The van der Waals surface area contributed by atoms with Crippen LogP contribution in [-0.2, 0) is 23.9 Å². The van der Waals surface area contributed by atoms with Gasteiger partial charge in [-0.25, -0.2) is 0 Å². The molecule has 0 N–H and O–H groups in total. The predicted molar refractivity (Wildman–Crippen MR) is 213 cm³/mol. The molecule has 294 valence electrons. The third kappa shape index (κ3) is 31.5. The molecule has 0 radical (unpaired) electrons. The van der Waals surface area contributed by atoms with Crippen molar-refractivity contribution in [3.8, 4) is 0 Å². The molecule has 0 aromatic heterocycles. The number of unbranched alkanes of at least 4 members (excludes halogenated alkanes) is 20. The molecule has 0 heterocycles. The summed E-state index contributed by atoms with van der Waals surface area (Å²) in [5, 5.41) is 0. The molecule has 0 saturated heterocycles. The van der Waals surface area contributed by atoms with E-state index in [0.717, 1.165) is 50.4 Å². The van der Waals surface area contributed by atoms with Crippen molar-refractivity contribution < 1.29 is 23.9 Å². The number of hydrogen-bond donors (Lipinski definition) is 0. The lowest BCUT2D eigenvalue weighted by atomic mass is 10.1. The molecule has 0 aromatic carbocycles. The molecule has 1 saturated carbocycles. The van der Waals surface area contributed by atoms with E-state index in [1.807, 2.05) is 0 Å². The zero-order chi connectivity index (χ0) is 36.3. The van der Waals surface area contributed by atoms with Gasteiger partial charge in [-0.05, 0) is 38.8 Å². The minimum atomic E-state index is -0.185. The Labute approximate surface area is 313 Å². The third-order valence-electron chi connectivity index (χ3n) is 10.0. The average Bonchev–Trinajstić information content (AvgIpc) is 3.94. The Morgan fingerprint density at radius 1 is 0.560 bits per heavy atom. The first-order valence-electron chi connectivity index (χ1n) is 21.3. The second kappa shape index (κ2) is 34.8. The summed E-state index contributed by atoms with van der Waals surface area (Å²) in [6.45, 7) is 7.64. The average molecular weight is 725 g/mol. The topological polar surface area (TPSA) is 76.1 Å². The first kappa shape index (κ1) is 46.7. The van der Waals surface area contributed by atoms with Crippen molar-refractivity contribution in [3.05, 3.63) is 0 Å². The Bertz CT molecular complexity index is 765. The van der Waals surface area contributed by atoms with Gasteiger partial charge in [-0.15, -0.1) is 0 Å². The van der Waals surface area contributed by atoms with Gasteiger partial charge in [0.15, 0.2) is 0 Å². The molecule has 0 aromatic rings. The lowest BCUT2D eigenvalue weighted by Crippen LogP contribution is -2.38. The van der Waals surface area contributed by atoms with Crippen molar-refractivity contribution in [1.82, 2.24) is 9.80 Å². The maximum absolute atomic E-state index is 13.1. The summed E-state index contributed by atoms with van der Waals surface area (Å²) in [6.07, 6.45) is 32.4. The minimum absolute atomic E-state index is 0.0125. The van der Waals surface area contributed by atoms with E-state index in [0.29, 0.717) is 31.7 Å². The fraction of sp³-hybridized carbons (Fsp3) is 0.929. The predicted octanol–water partition coefficient (Wildman–Crippen LogP) is 10.8. The van der Waals surface area contributed by atoms with E-state index >= 15 is 0 Å². The van der Waals surface area contributed by atoms with Gasteiger partial charge in [0.25, 0.3) is 0 Å². The number of esters is 2. The summed E-state index contributed by atoms with van der Waals surface area (Å²) in [5.41, 5.74) is 0. The van der Waals surface area contributed by atoms with Gasteiger partial charge < -0.3 is 19.3 Å². The molecule has 0 unspecified atom stereocenters. The highest BCUT2D eigenvalue weighted by molar-refractivity contribution is 7.99. The Balaban J connectivity index is 2.25. The molecule has 0 bridgehead atoms. The first-order valence-corrected chi connectivity index (χ1v) is 22.5. The van der Waals surface area contributed by atoms with Crippen molar-refractivity contribution >= 4 is 29.6 Å². The Hall–Kier alpha value is -1.28. The lowest BCUT2D eigenvalue weighted by Gasteiger charge is -2.23. The first-order chi connectivity index (χ1) is 24.5. The monoisotopic (exact) mass is 725 g/mol. The fourth-order valence-electron chi connectivity index (χ4n) is 6.30. The molecule has 1 aliphatic rings. The maximum atomic E-state index is 13.1. The molecule has 0 spiro atoms.